The van der Waals surface area contributed by atoms with Crippen LogP contribution in [0.15, 0.2) is 0 Å². The van der Waals surface area contributed by atoms with E-state index in [0.717, 1.165) is 14.2 Å². The summed E-state index contributed by atoms with van der Waals surface area (Å²) in [5.74, 6) is -0.945. The van der Waals surface area contributed by atoms with Crippen molar-refractivity contribution in [2.24, 2.45) is 0 Å². The van der Waals surface area contributed by atoms with Crippen LogP contribution in [0.5, 0.6) is 0 Å². The van der Waals surface area contributed by atoms with Gasteiger partial charge in [-0.25, -0.2) is 0 Å². The van der Waals surface area contributed by atoms with Gasteiger partial charge in [-0.15, -0.1) is 0 Å². The van der Waals surface area contributed by atoms with E-state index < -0.39 is 24.7 Å². The Morgan fingerprint density at radius 3 is 2.17 bits per heavy atom. The Bertz CT molecular complexity index is 155. The SMILES string of the molecule is COC(=O)CC(OC)C(F)(F)F. The molecule has 0 aliphatic rings. The summed E-state index contributed by atoms with van der Waals surface area (Å²) in [6.07, 6.45) is -7.41. The lowest BCUT2D eigenvalue weighted by atomic mass is 10.2. The van der Waals surface area contributed by atoms with Gasteiger partial charge in [0.1, 0.15) is 0 Å². The minimum absolute atomic E-state index is 0.809. The van der Waals surface area contributed by atoms with E-state index in [2.05, 4.69) is 9.47 Å². The summed E-state index contributed by atoms with van der Waals surface area (Å²) >= 11 is 0. The highest BCUT2D eigenvalue weighted by Crippen LogP contribution is 2.24. The van der Waals surface area contributed by atoms with Crippen molar-refractivity contribution in [2.75, 3.05) is 14.2 Å². The van der Waals surface area contributed by atoms with Gasteiger partial charge in [-0.2, -0.15) is 13.2 Å². The van der Waals surface area contributed by atoms with E-state index in [1.165, 1.54) is 0 Å². The van der Waals surface area contributed by atoms with Crippen LogP contribution in [0.25, 0.3) is 0 Å². The average molecular weight is 186 g/mol. The Morgan fingerprint density at radius 1 is 1.42 bits per heavy atom. The maximum Gasteiger partial charge on any atom is 0.415 e. The zero-order chi connectivity index (χ0) is 9.78. The first-order chi connectivity index (χ1) is 5.41. The van der Waals surface area contributed by atoms with Gasteiger partial charge in [-0.05, 0) is 0 Å². The molecule has 72 valence electrons. The minimum Gasteiger partial charge on any atom is -0.469 e. The Kier molecular flexibility index (Phi) is 4.02. The molecular weight excluding hydrogens is 177 g/mol. The fourth-order valence-electron chi connectivity index (χ4n) is 0.567. The Hall–Kier alpha value is -0.780. The lowest BCUT2D eigenvalue weighted by molar-refractivity contribution is -0.217. The van der Waals surface area contributed by atoms with Gasteiger partial charge in [0, 0.05) is 7.11 Å². The number of alkyl halides is 3. The molecule has 0 heterocycles. The highest BCUT2D eigenvalue weighted by molar-refractivity contribution is 5.69. The fourth-order valence-corrected chi connectivity index (χ4v) is 0.567. The largest absolute Gasteiger partial charge is 0.469 e. The number of hydrogen-bond donors (Lipinski definition) is 0. The number of rotatable bonds is 3. The lowest BCUT2D eigenvalue weighted by Gasteiger charge is -2.16. The molecule has 0 spiro atoms. The second-order valence-electron chi connectivity index (χ2n) is 2.05. The summed E-state index contributed by atoms with van der Waals surface area (Å²) in [5, 5.41) is 0. The van der Waals surface area contributed by atoms with Crippen molar-refractivity contribution in [3.8, 4) is 0 Å². The second kappa shape index (κ2) is 4.30. The number of hydrogen-bond acceptors (Lipinski definition) is 3. The summed E-state index contributed by atoms with van der Waals surface area (Å²) in [7, 11) is 1.91. The average Bonchev–Trinajstić information content (AvgIpc) is 1.97. The van der Waals surface area contributed by atoms with Gasteiger partial charge in [-0.1, -0.05) is 0 Å². The molecule has 0 saturated heterocycles. The van der Waals surface area contributed by atoms with Crippen LogP contribution in [-0.2, 0) is 14.3 Å². The first-order valence-corrected chi connectivity index (χ1v) is 3.08. The standard InChI is InChI=1S/C6H9F3O3/c1-11-4(6(7,8)9)3-5(10)12-2/h4H,3H2,1-2H3. The molecule has 0 N–H and O–H groups in total. The number of carbonyl (C=O) groups is 1. The van der Waals surface area contributed by atoms with Crippen LogP contribution in [0.3, 0.4) is 0 Å². The zero-order valence-corrected chi connectivity index (χ0v) is 6.64. The molecular formula is C6H9F3O3. The smallest absolute Gasteiger partial charge is 0.415 e. The summed E-state index contributed by atoms with van der Waals surface area (Å²) < 4.78 is 43.8. The van der Waals surface area contributed by atoms with Crippen molar-refractivity contribution in [3.63, 3.8) is 0 Å². The molecule has 0 aromatic carbocycles. The summed E-state index contributed by atoms with van der Waals surface area (Å²) in [6.45, 7) is 0. The van der Waals surface area contributed by atoms with Crippen molar-refractivity contribution in [2.45, 2.75) is 18.7 Å². The Labute approximate surface area is 67.4 Å². The van der Waals surface area contributed by atoms with Crippen LogP contribution in [0, 0.1) is 0 Å². The molecule has 6 heteroatoms. The number of halogens is 3. The molecule has 0 fully saturated rings. The molecule has 0 amide bonds. The van der Waals surface area contributed by atoms with Crippen LogP contribution < -0.4 is 0 Å². The number of methoxy groups -OCH3 is 2. The van der Waals surface area contributed by atoms with Gasteiger partial charge in [0.05, 0.1) is 13.5 Å². The third-order valence-electron chi connectivity index (χ3n) is 1.23. The van der Waals surface area contributed by atoms with Gasteiger partial charge in [-0.3, -0.25) is 4.79 Å². The van der Waals surface area contributed by atoms with Gasteiger partial charge < -0.3 is 9.47 Å². The third-order valence-corrected chi connectivity index (χ3v) is 1.23. The van der Waals surface area contributed by atoms with E-state index in [9.17, 15) is 18.0 Å². The van der Waals surface area contributed by atoms with Crippen LogP contribution in [0.4, 0.5) is 13.2 Å². The normalized spacial score (nSPS) is 14.1. The first-order valence-electron chi connectivity index (χ1n) is 3.08. The molecule has 12 heavy (non-hydrogen) atoms. The molecule has 0 radical (unpaired) electrons. The van der Waals surface area contributed by atoms with Gasteiger partial charge in [0.15, 0.2) is 6.10 Å². The first kappa shape index (κ1) is 11.2. The van der Waals surface area contributed by atoms with Crippen molar-refractivity contribution in [3.05, 3.63) is 0 Å². The van der Waals surface area contributed by atoms with Crippen LogP contribution in [-0.4, -0.2) is 32.5 Å². The second-order valence-corrected chi connectivity index (χ2v) is 2.05. The van der Waals surface area contributed by atoms with Crippen LogP contribution >= 0.6 is 0 Å². The van der Waals surface area contributed by atoms with E-state index in [1.54, 1.807) is 0 Å². The van der Waals surface area contributed by atoms with Gasteiger partial charge in [0.2, 0.25) is 0 Å². The van der Waals surface area contributed by atoms with E-state index in [4.69, 9.17) is 0 Å². The Morgan fingerprint density at radius 2 is 1.92 bits per heavy atom. The number of carbonyl (C=O) groups excluding carboxylic acids is 1. The zero-order valence-electron chi connectivity index (χ0n) is 6.64. The molecule has 1 unspecified atom stereocenters. The molecule has 3 nitrogen and oxygen atoms in total. The molecule has 0 aromatic rings. The summed E-state index contributed by atoms with van der Waals surface area (Å²) in [6, 6.07) is 0. The third kappa shape index (κ3) is 3.56. The minimum atomic E-state index is -4.52. The highest BCUT2D eigenvalue weighted by Gasteiger charge is 2.41. The predicted molar refractivity (Wildman–Crippen MR) is 33.5 cm³/mol. The molecule has 0 aromatic heterocycles. The highest BCUT2D eigenvalue weighted by atomic mass is 19.4. The number of esters is 1. The maximum atomic E-state index is 11.9. The molecule has 0 saturated carbocycles. The molecule has 0 aliphatic carbocycles. The van der Waals surface area contributed by atoms with E-state index in [-0.39, 0.29) is 0 Å². The molecule has 0 aliphatic heterocycles. The fraction of sp³-hybridized carbons (Fsp3) is 0.833. The van der Waals surface area contributed by atoms with Crippen molar-refractivity contribution >= 4 is 5.97 Å². The molecule has 0 rings (SSSR count). The quantitative estimate of drug-likeness (QED) is 0.619. The topological polar surface area (TPSA) is 35.5 Å². The van der Waals surface area contributed by atoms with E-state index in [0.29, 0.717) is 0 Å². The molecule has 0 bridgehead atoms. The van der Waals surface area contributed by atoms with Crippen molar-refractivity contribution in [1.82, 2.24) is 0 Å². The van der Waals surface area contributed by atoms with E-state index in [1.807, 2.05) is 0 Å². The summed E-state index contributed by atoms with van der Waals surface area (Å²) in [4.78, 5) is 10.4. The lowest BCUT2D eigenvalue weighted by Crippen LogP contribution is -2.33. The predicted octanol–water partition coefficient (Wildman–Crippen LogP) is 1.13. The molecule has 1 atom stereocenters. The monoisotopic (exact) mass is 186 g/mol. The van der Waals surface area contributed by atoms with Gasteiger partial charge >= 0.3 is 12.1 Å². The number of ether oxygens (including phenoxy) is 2. The Balaban J connectivity index is 4.09. The van der Waals surface area contributed by atoms with Crippen LogP contribution in [0.1, 0.15) is 6.42 Å². The maximum absolute atomic E-state index is 11.9. The summed E-state index contributed by atoms with van der Waals surface area (Å²) in [5.41, 5.74) is 0. The van der Waals surface area contributed by atoms with Crippen LogP contribution in [0.2, 0.25) is 0 Å². The van der Waals surface area contributed by atoms with E-state index >= 15 is 0 Å². The van der Waals surface area contributed by atoms with Crippen molar-refractivity contribution in [1.29, 1.82) is 0 Å². The van der Waals surface area contributed by atoms with Gasteiger partial charge in [0.25, 0.3) is 0 Å². The van der Waals surface area contributed by atoms with Crippen molar-refractivity contribution < 1.29 is 27.4 Å².